The summed E-state index contributed by atoms with van der Waals surface area (Å²) in [6.45, 7) is 5.28. The molecule has 1 aromatic rings. The average Bonchev–Trinajstić information content (AvgIpc) is 2.30. The average molecular weight is 236 g/mol. The lowest BCUT2D eigenvalue weighted by Gasteiger charge is -2.17. The number of aromatic nitrogens is 1. The largest absolute Gasteiger partial charge is 0.364 e. The van der Waals surface area contributed by atoms with Crippen LogP contribution < -0.4 is 10.3 Å². The summed E-state index contributed by atoms with van der Waals surface area (Å²) in [5, 5.41) is 0. The fourth-order valence-electron chi connectivity index (χ4n) is 1.62. The van der Waals surface area contributed by atoms with Gasteiger partial charge in [-0.25, -0.2) is 0 Å². The lowest BCUT2D eigenvalue weighted by atomic mass is 10.2. The minimum Gasteiger partial charge on any atom is -0.364 e. The molecule has 1 heterocycles. The number of carbonyl (C=O) groups excluding carboxylic acids is 2. The van der Waals surface area contributed by atoms with Crippen molar-refractivity contribution in [2.24, 2.45) is 5.73 Å². The number of nitrogens with zero attached hydrogens (tertiary/aromatic N) is 2. The van der Waals surface area contributed by atoms with Crippen molar-refractivity contribution in [1.29, 1.82) is 0 Å². The molecule has 5 heteroatoms. The fraction of sp³-hybridized carbons (Fsp3) is 0.417. The van der Waals surface area contributed by atoms with Gasteiger partial charge in [-0.05, 0) is 19.9 Å². The zero-order valence-electron chi connectivity index (χ0n) is 10.2. The van der Waals surface area contributed by atoms with Gasteiger partial charge in [-0.15, -0.1) is 0 Å². The minimum atomic E-state index is -0.428. The highest BCUT2D eigenvalue weighted by molar-refractivity contribution is 5.93. The van der Waals surface area contributed by atoms with Crippen LogP contribution in [0.25, 0.3) is 0 Å². The number of carbonyl (C=O) groups is 2. The molecule has 2 amide bonds. The Morgan fingerprint density at radius 3 is 2.53 bits per heavy atom. The van der Waals surface area contributed by atoms with Crippen LogP contribution in [0.5, 0.6) is 0 Å². The van der Waals surface area contributed by atoms with Crippen molar-refractivity contribution >= 4 is 11.8 Å². The Labute approximate surface area is 101 Å². The third kappa shape index (κ3) is 3.55. The van der Waals surface area contributed by atoms with Crippen LogP contribution in [0.1, 0.15) is 24.2 Å². The highest BCUT2D eigenvalue weighted by atomic mass is 16.2. The van der Waals surface area contributed by atoms with Crippen LogP contribution >= 0.6 is 0 Å². The van der Waals surface area contributed by atoms with Crippen molar-refractivity contribution < 1.29 is 14.2 Å². The second kappa shape index (κ2) is 5.98. The number of nitrogens with two attached hydrogens (primary N) is 1. The van der Waals surface area contributed by atoms with Gasteiger partial charge in [-0.3, -0.25) is 9.59 Å². The van der Waals surface area contributed by atoms with E-state index in [1.807, 2.05) is 13.8 Å². The van der Waals surface area contributed by atoms with E-state index in [4.69, 9.17) is 5.73 Å². The van der Waals surface area contributed by atoms with Gasteiger partial charge in [-0.1, -0.05) is 0 Å². The third-order valence-corrected chi connectivity index (χ3v) is 2.49. The van der Waals surface area contributed by atoms with E-state index in [2.05, 4.69) is 0 Å². The minimum absolute atomic E-state index is 0.0335. The summed E-state index contributed by atoms with van der Waals surface area (Å²) >= 11 is 0. The second-order valence-electron chi connectivity index (χ2n) is 3.71. The smallest absolute Gasteiger partial charge is 0.283 e. The zero-order valence-corrected chi connectivity index (χ0v) is 10.2. The first-order chi connectivity index (χ1) is 8.08. The van der Waals surface area contributed by atoms with E-state index in [0.29, 0.717) is 18.7 Å². The Morgan fingerprint density at radius 2 is 2.00 bits per heavy atom. The Kier molecular flexibility index (Phi) is 4.63. The van der Waals surface area contributed by atoms with Gasteiger partial charge in [0.1, 0.15) is 5.56 Å². The van der Waals surface area contributed by atoms with E-state index < -0.39 is 5.91 Å². The Hall–Kier alpha value is -1.91. The summed E-state index contributed by atoms with van der Waals surface area (Å²) in [6.07, 6.45) is 3.36. The Bertz CT molecular complexity index is 414. The highest BCUT2D eigenvalue weighted by Crippen LogP contribution is 2.01. The van der Waals surface area contributed by atoms with Gasteiger partial charge in [-0.2, -0.15) is 4.57 Å². The number of hydrogen-bond acceptors (Lipinski definition) is 2. The van der Waals surface area contributed by atoms with Gasteiger partial charge in [0.15, 0.2) is 12.4 Å². The summed E-state index contributed by atoms with van der Waals surface area (Å²) in [4.78, 5) is 24.6. The van der Waals surface area contributed by atoms with E-state index in [9.17, 15) is 9.59 Å². The lowest BCUT2D eigenvalue weighted by molar-refractivity contribution is -0.684. The quantitative estimate of drug-likeness (QED) is 0.728. The molecule has 0 fully saturated rings. The Balaban J connectivity index is 2.90. The molecule has 0 aliphatic rings. The van der Waals surface area contributed by atoms with Crippen molar-refractivity contribution in [2.45, 2.75) is 20.4 Å². The topological polar surface area (TPSA) is 67.3 Å². The van der Waals surface area contributed by atoms with Crippen molar-refractivity contribution in [3.8, 4) is 0 Å². The van der Waals surface area contributed by atoms with Crippen molar-refractivity contribution in [3.63, 3.8) is 0 Å². The SMILES string of the molecule is CCN(CC)C(=O)c1ccc[n+](CC(N)=O)c1. The van der Waals surface area contributed by atoms with Gasteiger partial charge >= 0.3 is 0 Å². The molecule has 0 atom stereocenters. The molecule has 0 aliphatic heterocycles. The molecule has 5 nitrogen and oxygen atoms in total. The zero-order chi connectivity index (χ0) is 12.8. The van der Waals surface area contributed by atoms with Gasteiger partial charge in [0.05, 0.1) is 0 Å². The van der Waals surface area contributed by atoms with Gasteiger partial charge < -0.3 is 10.6 Å². The maximum Gasteiger partial charge on any atom is 0.283 e. The summed E-state index contributed by atoms with van der Waals surface area (Å²) in [6, 6.07) is 3.47. The highest BCUT2D eigenvalue weighted by Gasteiger charge is 2.16. The van der Waals surface area contributed by atoms with E-state index in [1.54, 1.807) is 34.0 Å². The molecular weight excluding hydrogens is 218 g/mol. The van der Waals surface area contributed by atoms with E-state index >= 15 is 0 Å². The summed E-state index contributed by atoms with van der Waals surface area (Å²) in [5.74, 6) is -0.462. The van der Waals surface area contributed by atoms with Gasteiger partial charge in [0.25, 0.3) is 11.8 Å². The van der Waals surface area contributed by atoms with E-state index in [-0.39, 0.29) is 12.5 Å². The first kappa shape index (κ1) is 13.2. The van der Waals surface area contributed by atoms with Crippen LogP contribution in [0, 0.1) is 0 Å². The standard InChI is InChI=1S/C12H17N3O2/c1-3-15(4-2)12(17)10-6-5-7-14(8-10)9-11(13)16/h5-8H,3-4,9H2,1-2H3,(H-,13,16)/p+1. The van der Waals surface area contributed by atoms with Crippen LogP contribution in [-0.2, 0) is 11.3 Å². The monoisotopic (exact) mass is 236 g/mol. The molecule has 1 aromatic heterocycles. The van der Waals surface area contributed by atoms with Crippen LogP contribution in [0.2, 0.25) is 0 Å². The molecule has 0 aliphatic carbocycles. The second-order valence-corrected chi connectivity index (χ2v) is 3.71. The summed E-state index contributed by atoms with van der Waals surface area (Å²) < 4.78 is 1.61. The molecule has 0 aromatic carbocycles. The first-order valence-corrected chi connectivity index (χ1v) is 5.65. The summed E-state index contributed by atoms with van der Waals surface area (Å²) in [5.41, 5.74) is 5.67. The number of hydrogen-bond donors (Lipinski definition) is 1. The van der Waals surface area contributed by atoms with Gasteiger partial charge in [0, 0.05) is 19.2 Å². The maximum absolute atomic E-state index is 12.0. The molecule has 0 spiro atoms. The molecule has 1 rings (SSSR count). The van der Waals surface area contributed by atoms with E-state index in [0.717, 1.165) is 0 Å². The lowest BCUT2D eigenvalue weighted by Crippen LogP contribution is -2.41. The number of amides is 2. The molecule has 0 unspecified atom stereocenters. The van der Waals surface area contributed by atoms with Crippen LogP contribution in [-0.4, -0.2) is 29.8 Å². The first-order valence-electron chi connectivity index (χ1n) is 5.65. The van der Waals surface area contributed by atoms with E-state index in [1.165, 1.54) is 0 Å². The van der Waals surface area contributed by atoms with Crippen molar-refractivity contribution in [2.75, 3.05) is 13.1 Å². The predicted octanol–water partition coefficient (Wildman–Crippen LogP) is -0.0586. The van der Waals surface area contributed by atoms with Crippen molar-refractivity contribution in [3.05, 3.63) is 30.1 Å². The molecule has 0 saturated heterocycles. The fourth-order valence-corrected chi connectivity index (χ4v) is 1.62. The van der Waals surface area contributed by atoms with Crippen LogP contribution in [0.3, 0.4) is 0 Å². The molecule has 17 heavy (non-hydrogen) atoms. The number of pyridine rings is 1. The maximum atomic E-state index is 12.0. The molecule has 2 N–H and O–H groups in total. The van der Waals surface area contributed by atoms with Gasteiger partial charge in [0.2, 0.25) is 6.54 Å². The Morgan fingerprint density at radius 1 is 1.35 bits per heavy atom. The normalized spacial score (nSPS) is 10.0. The van der Waals surface area contributed by atoms with Crippen LogP contribution in [0.15, 0.2) is 24.5 Å². The summed E-state index contributed by atoms with van der Waals surface area (Å²) in [7, 11) is 0. The molecule has 92 valence electrons. The molecular formula is C12H18N3O2+. The number of rotatable bonds is 5. The van der Waals surface area contributed by atoms with Crippen molar-refractivity contribution in [1.82, 2.24) is 4.90 Å². The third-order valence-electron chi connectivity index (χ3n) is 2.49. The molecule has 0 radical (unpaired) electrons. The number of primary amides is 1. The van der Waals surface area contributed by atoms with Crippen LogP contribution in [0.4, 0.5) is 0 Å². The predicted molar refractivity (Wildman–Crippen MR) is 63.1 cm³/mol. The molecule has 0 saturated carbocycles. The molecule has 0 bridgehead atoms.